The maximum Gasteiger partial charge on any atom is 0.191 e. The average Bonchev–Trinajstić information content (AvgIpc) is 2.89. The van der Waals surface area contributed by atoms with E-state index in [9.17, 15) is 0 Å². The zero-order chi connectivity index (χ0) is 15.5. The van der Waals surface area contributed by atoms with E-state index in [1.54, 1.807) is 18.6 Å². The van der Waals surface area contributed by atoms with Gasteiger partial charge in [-0.15, -0.1) is 10.2 Å². The first kappa shape index (κ1) is 15.3. The minimum atomic E-state index is 0.616. The van der Waals surface area contributed by atoms with Crippen LogP contribution >= 0.6 is 35.0 Å². The highest BCUT2D eigenvalue weighted by Crippen LogP contribution is 2.31. The van der Waals surface area contributed by atoms with Crippen molar-refractivity contribution in [2.45, 2.75) is 10.9 Å². The molecule has 0 aliphatic heterocycles. The van der Waals surface area contributed by atoms with Crippen molar-refractivity contribution >= 4 is 35.0 Å². The first-order chi connectivity index (χ1) is 10.7. The van der Waals surface area contributed by atoms with Gasteiger partial charge in [-0.1, -0.05) is 41.0 Å². The predicted molar refractivity (Wildman–Crippen MR) is 88.1 cm³/mol. The van der Waals surface area contributed by atoms with E-state index in [0.29, 0.717) is 27.3 Å². The van der Waals surface area contributed by atoms with E-state index in [2.05, 4.69) is 20.2 Å². The lowest BCUT2D eigenvalue weighted by atomic mass is 10.2. The summed E-state index contributed by atoms with van der Waals surface area (Å²) >= 11 is 13.9. The summed E-state index contributed by atoms with van der Waals surface area (Å²) in [6, 6.07) is 5.48. The molecular formula is C14H11Cl2N5S. The van der Waals surface area contributed by atoms with Gasteiger partial charge in [0.05, 0.1) is 6.20 Å². The lowest BCUT2D eigenvalue weighted by Gasteiger charge is -2.06. The summed E-state index contributed by atoms with van der Waals surface area (Å²) in [6.45, 7) is 0. The van der Waals surface area contributed by atoms with E-state index in [1.807, 2.05) is 29.8 Å². The summed E-state index contributed by atoms with van der Waals surface area (Å²) in [6.07, 6.45) is 4.90. The molecule has 0 aliphatic carbocycles. The summed E-state index contributed by atoms with van der Waals surface area (Å²) in [4.78, 5) is 8.28. The number of halogens is 2. The molecule has 3 rings (SSSR count). The molecule has 0 aliphatic rings. The van der Waals surface area contributed by atoms with Crippen LogP contribution in [0.2, 0.25) is 10.0 Å². The Kier molecular flexibility index (Phi) is 4.61. The lowest BCUT2D eigenvalue weighted by molar-refractivity contribution is 0.791. The van der Waals surface area contributed by atoms with Gasteiger partial charge in [-0.3, -0.25) is 4.98 Å². The molecule has 0 atom stereocenters. The van der Waals surface area contributed by atoms with E-state index < -0.39 is 0 Å². The molecule has 0 spiro atoms. The second-order valence-electron chi connectivity index (χ2n) is 4.44. The Balaban J connectivity index is 1.81. The van der Waals surface area contributed by atoms with Gasteiger partial charge in [0.2, 0.25) is 0 Å². The number of hydrogen-bond acceptors (Lipinski definition) is 5. The SMILES string of the molecule is Cn1c(SCc2c(Cl)cccc2Cl)nnc1-c1cnccn1. The summed E-state index contributed by atoms with van der Waals surface area (Å²) in [5.41, 5.74) is 1.57. The van der Waals surface area contributed by atoms with Crippen LogP contribution in [0.15, 0.2) is 41.9 Å². The van der Waals surface area contributed by atoms with Gasteiger partial charge in [-0.05, 0) is 17.7 Å². The van der Waals surface area contributed by atoms with Crippen molar-refractivity contribution in [1.82, 2.24) is 24.7 Å². The fourth-order valence-corrected chi connectivity index (χ4v) is 3.54. The van der Waals surface area contributed by atoms with Crippen molar-refractivity contribution < 1.29 is 0 Å². The van der Waals surface area contributed by atoms with Crippen LogP contribution in [0.3, 0.4) is 0 Å². The highest BCUT2D eigenvalue weighted by molar-refractivity contribution is 7.98. The second kappa shape index (κ2) is 6.64. The minimum absolute atomic E-state index is 0.616. The molecular weight excluding hydrogens is 341 g/mol. The van der Waals surface area contributed by atoms with Gasteiger partial charge < -0.3 is 4.57 Å². The molecule has 112 valence electrons. The third-order valence-electron chi connectivity index (χ3n) is 3.03. The molecule has 0 fully saturated rings. The molecule has 0 radical (unpaired) electrons. The highest BCUT2D eigenvalue weighted by atomic mass is 35.5. The number of aromatic nitrogens is 5. The normalized spacial score (nSPS) is 10.9. The van der Waals surface area contributed by atoms with Crippen molar-refractivity contribution in [3.8, 4) is 11.5 Å². The maximum atomic E-state index is 6.18. The fraction of sp³-hybridized carbons (Fsp3) is 0.143. The molecule has 0 amide bonds. The number of thioether (sulfide) groups is 1. The van der Waals surface area contributed by atoms with E-state index >= 15 is 0 Å². The van der Waals surface area contributed by atoms with Crippen LogP contribution in [0.5, 0.6) is 0 Å². The quantitative estimate of drug-likeness (QED) is 0.667. The zero-order valence-corrected chi connectivity index (χ0v) is 13.9. The van der Waals surface area contributed by atoms with Gasteiger partial charge in [0, 0.05) is 35.2 Å². The summed E-state index contributed by atoms with van der Waals surface area (Å²) < 4.78 is 1.87. The Bertz CT molecular complexity index is 771. The van der Waals surface area contributed by atoms with Gasteiger partial charge in [0.1, 0.15) is 5.69 Å². The topological polar surface area (TPSA) is 56.5 Å². The first-order valence-electron chi connectivity index (χ1n) is 6.38. The largest absolute Gasteiger partial charge is 0.304 e. The predicted octanol–water partition coefficient (Wildman–Crippen LogP) is 3.87. The number of nitrogens with zero attached hydrogens (tertiary/aromatic N) is 5. The summed E-state index contributed by atoms with van der Waals surface area (Å²) in [5, 5.41) is 10.4. The molecule has 2 aromatic heterocycles. The van der Waals surface area contributed by atoms with Crippen molar-refractivity contribution in [1.29, 1.82) is 0 Å². The molecule has 0 saturated carbocycles. The Morgan fingerprint density at radius 3 is 2.59 bits per heavy atom. The van der Waals surface area contributed by atoms with E-state index in [0.717, 1.165) is 10.7 Å². The van der Waals surface area contributed by atoms with Crippen molar-refractivity contribution in [2.75, 3.05) is 0 Å². The smallest absolute Gasteiger partial charge is 0.191 e. The Morgan fingerprint density at radius 1 is 1.14 bits per heavy atom. The van der Waals surface area contributed by atoms with Gasteiger partial charge >= 0.3 is 0 Å². The average molecular weight is 352 g/mol. The van der Waals surface area contributed by atoms with E-state index in [1.165, 1.54) is 11.8 Å². The zero-order valence-electron chi connectivity index (χ0n) is 11.6. The fourth-order valence-electron chi connectivity index (χ4n) is 1.89. The standard InChI is InChI=1S/C14H11Cl2N5S/c1-21-13(12-7-17-5-6-18-12)19-20-14(21)22-8-9-10(15)3-2-4-11(9)16/h2-7H,8H2,1H3. The van der Waals surface area contributed by atoms with Gasteiger partial charge in [-0.2, -0.15) is 0 Å². The lowest BCUT2D eigenvalue weighted by Crippen LogP contribution is -1.97. The third-order valence-corrected chi connectivity index (χ3v) is 4.79. The van der Waals surface area contributed by atoms with E-state index in [4.69, 9.17) is 23.2 Å². The molecule has 22 heavy (non-hydrogen) atoms. The van der Waals surface area contributed by atoms with E-state index in [-0.39, 0.29) is 0 Å². The summed E-state index contributed by atoms with van der Waals surface area (Å²) in [7, 11) is 1.89. The monoisotopic (exact) mass is 351 g/mol. The number of hydrogen-bond donors (Lipinski definition) is 0. The molecule has 5 nitrogen and oxygen atoms in total. The Hall–Kier alpha value is -1.63. The van der Waals surface area contributed by atoms with Gasteiger partial charge in [-0.25, -0.2) is 4.98 Å². The molecule has 0 N–H and O–H groups in total. The molecule has 0 bridgehead atoms. The number of rotatable bonds is 4. The molecule has 3 aromatic rings. The number of benzene rings is 1. The van der Waals surface area contributed by atoms with Gasteiger partial charge in [0.15, 0.2) is 11.0 Å². The second-order valence-corrected chi connectivity index (χ2v) is 6.20. The Labute approximate surface area is 141 Å². The van der Waals surface area contributed by atoms with Gasteiger partial charge in [0.25, 0.3) is 0 Å². The van der Waals surface area contributed by atoms with Crippen LogP contribution in [0, 0.1) is 0 Å². The maximum absolute atomic E-state index is 6.18. The van der Waals surface area contributed by atoms with Crippen LogP contribution < -0.4 is 0 Å². The van der Waals surface area contributed by atoms with Crippen LogP contribution in [0.1, 0.15) is 5.56 Å². The Morgan fingerprint density at radius 2 is 1.91 bits per heavy atom. The van der Waals surface area contributed by atoms with Crippen molar-refractivity contribution in [3.05, 3.63) is 52.4 Å². The van der Waals surface area contributed by atoms with Crippen LogP contribution in [-0.2, 0) is 12.8 Å². The van der Waals surface area contributed by atoms with Crippen LogP contribution in [-0.4, -0.2) is 24.7 Å². The molecule has 2 heterocycles. The summed E-state index contributed by atoms with van der Waals surface area (Å²) in [5.74, 6) is 1.28. The van der Waals surface area contributed by atoms with Crippen molar-refractivity contribution in [3.63, 3.8) is 0 Å². The van der Waals surface area contributed by atoms with Crippen molar-refractivity contribution in [2.24, 2.45) is 7.05 Å². The molecule has 1 aromatic carbocycles. The highest BCUT2D eigenvalue weighted by Gasteiger charge is 2.14. The molecule has 8 heteroatoms. The molecule has 0 unspecified atom stereocenters. The third kappa shape index (κ3) is 3.09. The minimum Gasteiger partial charge on any atom is -0.304 e. The molecule has 0 saturated heterocycles. The van der Waals surface area contributed by atoms with Crippen LogP contribution in [0.4, 0.5) is 0 Å². The first-order valence-corrected chi connectivity index (χ1v) is 8.12. The van der Waals surface area contributed by atoms with Crippen LogP contribution in [0.25, 0.3) is 11.5 Å².